The molecule has 3 rings (SSSR count). The molecule has 3 heterocycles. The second-order valence-corrected chi connectivity index (χ2v) is 7.49. The molecule has 1 unspecified atom stereocenters. The van der Waals surface area contributed by atoms with Crippen molar-refractivity contribution in [3.8, 4) is 0 Å². The van der Waals surface area contributed by atoms with E-state index in [2.05, 4.69) is 10.3 Å². The summed E-state index contributed by atoms with van der Waals surface area (Å²) in [5, 5.41) is 5.13. The van der Waals surface area contributed by atoms with Gasteiger partial charge in [0.1, 0.15) is 5.65 Å². The third-order valence-electron chi connectivity index (χ3n) is 4.51. The summed E-state index contributed by atoms with van der Waals surface area (Å²) >= 11 is 1.63. The van der Waals surface area contributed by atoms with Crippen LogP contribution in [0.5, 0.6) is 0 Å². The van der Waals surface area contributed by atoms with Gasteiger partial charge < -0.3 is 10.2 Å². The van der Waals surface area contributed by atoms with E-state index in [4.69, 9.17) is 0 Å². The Balaban J connectivity index is 1.88. The van der Waals surface area contributed by atoms with Gasteiger partial charge >= 0.3 is 5.69 Å². The number of aryl methyl sites for hydroxylation is 1. The van der Waals surface area contributed by atoms with Gasteiger partial charge in [-0.2, -0.15) is 0 Å². The molecule has 3 aromatic heterocycles. The minimum atomic E-state index is -0.472. The Morgan fingerprint density at radius 1 is 1.30 bits per heavy atom. The highest BCUT2D eigenvalue weighted by Crippen LogP contribution is 2.22. The first kappa shape index (κ1) is 19.0. The largest absolute Gasteiger partial charge is 0.350 e. The Labute approximate surface area is 159 Å². The molecule has 3 aromatic rings. The SMILES string of the molecule is CN(C)C(CNC(=O)c1cnc2c(c1)c(=O)n(C)c(=O)n2C)c1cccs1. The van der Waals surface area contributed by atoms with E-state index in [1.165, 1.54) is 23.9 Å². The maximum absolute atomic E-state index is 12.6. The number of thiophene rings is 1. The van der Waals surface area contributed by atoms with Crippen LogP contribution in [0.4, 0.5) is 0 Å². The van der Waals surface area contributed by atoms with E-state index < -0.39 is 11.2 Å². The van der Waals surface area contributed by atoms with Crippen LogP contribution in [0.1, 0.15) is 21.3 Å². The van der Waals surface area contributed by atoms with E-state index in [0.717, 1.165) is 9.44 Å². The van der Waals surface area contributed by atoms with Gasteiger partial charge in [-0.05, 0) is 31.6 Å². The highest BCUT2D eigenvalue weighted by Gasteiger charge is 2.18. The monoisotopic (exact) mass is 387 g/mol. The van der Waals surface area contributed by atoms with Crippen molar-refractivity contribution in [1.82, 2.24) is 24.3 Å². The van der Waals surface area contributed by atoms with Gasteiger partial charge in [0, 0.05) is 31.7 Å². The van der Waals surface area contributed by atoms with Crippen LogP contribution >= 0.6 is 11.3 Å². The lowest BCUT2D eigenvalue weighted by molar-refractivity contribution is 0.0942. The molecule has 0 aromatic carbocycles. The number of pyridine rings is 1. The van der Waals surface area contributed by atoms with Gasteiger partial charge in [0.2, 0.25) is 0 Å². The number of fused-ring (bicyclic) bond motifs is 1. The van der Waals surface area contributed by atoms with Crippen molar-refractivity contribution in [2.75, 3.05) is 20.6 Å². The number of nitrogens with one attached hydrogen (secondary N) is 1. The quantitative estimate of drug-likeness (QED) is 0.697. The van der Waals surface area contributed by atoms with Crippen molar-refractivity contribution < 1.29 is 4.79 Å². The average molecular weight is 387 g/mol. The van der Waals surface area contributed by atoms with E-state index in [1.54, 1.807) is 18.4 Å². The van der Waals surface area contributed by atoms with Crippen molar-refractivity contribution in [3.63, 3.8) is 0 Å². The van der Waals surface area contributed by atoms with E-state index in [1.807, 2.05) is 36.5 Å². The molecule has 0 radical (unpaired) electrons. The fourth-order valence-corrected chi connectivity index (χ4v) is 3.82. The molecule has 9 heteroatoms. The summed E-state index contributed by atoms with van der Waals surface area (Å²) in [7, 11) is 6.86. The van der Waals surface area contributed by atoms with Gasteiger partial charge in [-0.1, -0.05) is 6.07 Å². The molecule has 1 atom stereocenters. The number of carbonyl (C=O) groups excluding carboxylic acids is 1. The molecule has 0 aliphatic carbocycles. The van der Waals surface area contributed by atoms with Gasteiger partial charge in [-0.15, -0.1) is 11.3 Å². The maximum Gasteiger partial charge on any atom is 0.332 e. The van der Waals surface area contributed by atoms with Crippen LogP contribution in [-0.2, 0) is 14.1 Å². The van der Waals surface area contributed by atoms with Crippen LogP contribution in [0.15, 0.2) is 39.4 Å². The molecule has 27 heavy (non-hydrogen) atoms. The summed E-state index contributed by atoms with van der Waals surface area (Å²) in [6.45, 7) is 0.426. The number of amides is 1. The fraction of sp³-hybridized carbons (Fsp3) is 0.333. The normalized spacial score (nSPS) is 12.5. The van der Waals surface area contributed by atoms with Crippen molar-refractivity contribution in [2.45, 2.75) is 6.04 Å². The maximum atomic E-state index is 12.6. The van der Waals surface area contributed by atoms with Crippen LogP contribution in [0, 0.1) is 0 Å². The van der Waals surface area contributed by atoms with E-state index in [9.17, 15) is 14.4 Å². The first-order chi connectivity index (χ1) is 12.8. The minimum absolute atomic E-state index is 0.0519. The fourth-order valence-electron chi connectivity index (χ4n) is 2.90. The minimum Gasteiger partial charge on any atom is -0.350 e. The summed E-state index contributed by atoms with van der Waals surface area (Å²) in [5.41, 5.74) is -0.395. The Morgan fingerprint density at radius 3 is 2.67 bits per heavy atom. The molecule has 0 aliphatic rings. The number of nitrogens with zero attached hydrogens (tertiary/aromatic N) is 4. The second-order valence-electron chi connectivity index (χ2n) is 6.51. The second kappa shape index (κ2) is 7.45. The van der Waals surface area contributed by atoms with E-state index in [-0.39, 0.29) is 28.5 Å². The first-order valence-corrected chi connectivity index (χ1v) is 9.23. The Morgan fingerprint density at radius 2 is 2.04 bits per heavy atom. The molecule has 0 bridgehead atoms. The molecule has 142 valence electrons. The summed E-state index contributed by atoms with van der Waals surface area (Å²) in [6, 6.07) is 5.54. The topological polar surface area (TPSA) is 89.2 Å². The van der Waals surface area contributed by atoms with Crippen LogP contribution in [0.2, 0.25) is 0 Å². The standard InChI is InChI=1S/C18H21N5O3S/c1-21(2)13(14-6-5-7-27-14)10-20-16(24)11-8-12-15(19-9-11)22(3)18(26)23(4)17(12)25/h5-9,13H,10H2,1-4H3,(H,20,24). The van der Waals surface area contributed by atoms with Crippen molar-refractivity contribution in [1.29, 1.82) is 0 Å². The lowest BCUT2D eigenvalue weighted by Crippen LogP contribution is -2.37. The lowest BCUT2D eigenvalue weighted by Gasteiger charge is -2.23. The number of aromatic nitrogens is 3. The third-order valence-corrected chi connectivity index (χ3v) is 5.48. The molecule has 0 saturated heterocycles. The lowest BCUT2D eigenvalue weighted by atomic mass is 10.2. The Bertz CT molecular complexity index is 1100. The molecule has 0 aliphatic heterocycles. The van der Waals surface area contributed by atoms with E-state index in [0.29, 0.717) is 6.54 Å². The van der Waals surface area contributed by atoms with Gasteiger partial charge in [-0.25, -0.2) is 9.78 Å². The molecule has 0 spiro atoms. The van der Waals surface area contributed by atoms with Crippen LogP contribution < -0.4 is 16.6 Å². The van der Waals surface area contributed by atoms with Crippen molar-refractivity contribution in [3.05, 3.63) is 61.1 Å². The number of carbonyl (C=O) groups is 1. The molecular weight excluding hydrogens is 366 g/mol. The highest BCUT2D eigenvalue weighted by molar-refractivity contribution is 7.10. The smallest absolute Gasteiger partial charge is 0.332 e. The molecule has 0 fully saturated rings. The number of hydrogen-bond donors (Lipinski definition) is 1. The predicted octanol–water partition coefficient (Wildman–Crippen LogP) is 0.726. The number of likely N-dealkylation sites (N-methyl/N-ethyl adjacent to an activating group) is 1. The number of hydrogen-bond acceptors (Lipinski definition) is 6. The van der Waals surface area contributed by atoms with Crippen molar-refractivity contribution >= 4 is 28.3 Å². The molecule has 1 amide bonds. The first-order valence-electron chi connectivity index (χ1n) is 8.35. The van der Waals surface area contributed by atoms with Crippen molar-refractivity contribution in [2.24, 2.45) is 14.1 Å². The van der Waals surface area contributed by atoms with Gasteiger partial charge in [-0.3, -0.25) is 18.7 Å². The third kappa shape index (κ3) is 3.56. The number of rotatable bonds is 5. The zero-order chi connectivity index (χ0) is 19.7. The van der Waals surface area contributed by atoms with E-state index >= 15 is 0 Å². The van der Waals surface area contributed by atoms with Crippen LogP contribution in [0.25, 0.3) is 11.0 Å². The highest BCUT2D eigenvalue weighted by atomic mass is 32.1. The average Bonchev–Trinajstić information content (AvgIpc) is 3.18. The summed E-state index contributed by atoms with van der Waals surface area (Å²) < 4.78 is 2.29. The molecule has 1 N–H and O–H groups in total. The predicted molar refractivity (Wildman–Crippen MR) is 105 cm³/mol. The summed E-state index contributed by atoms with van der Waals surface area (Å²) in [5.74, 6) is -0.316. The van der Waals surface area contributed by atoms with Crippen LogP contribution in [-0.4, -0.2) is 45.6 Å². The summed E-state index contributed by atoms with van der Waals surface area (Å²) in [6.07, 6.45) is 1.38. The Kier molecular flexibility index (Phi) is 5.24. The van der Waals surface area contributed by atoms with Crippen LogP contribution in [0.3, 0.4) is 0 Å². The van der Waals surface area contributed by atoms with Gasteiger partial charge in [0.25, 0.3) is 11.5 Å². The van der Waals surface area contributed by atoms with Gasteiger partial charge in [0.05, 0.1) is 17.0 Å². The zero-order valence-electron chi connectivity index (χ0n) is 15.6. The Hall–Kier alpha value is -2.78. The molecular formula is C18H21N5O3S. The van der Waals surface area contributed by atoms with Gasteiger partial charge in [0.15, 0.2) is 0 Å². The summed E-state index contributed by atoms with van der Waals surface area (Å²) in [4.78, 5) is 44.3. The zero-order valence-corrected chi connectivity index (χ0v) is 16.4. The molecule has 8 nitrogen and oxygen atoms in total. The molecule has 0 saturated carbocycles.